The van der Waals surface area contributed by atoms with Crippen LogP contribution in [-0.2, 0) is 9.15 Å². The van der Waals surface area contributed by atoms with Crippen molar-refractivity contribution >= 4 is 8.60 Å². The van der Waals surface area contributed by atoms with Crippen molar-refractivity contribution in [2.75, 3.05) is 7.11 Å². The fraction of sp³-hybridized carbons (Fsp3) is 1.00. The zero-order chi connectivity index (χ0) is 6.41. The number of nitrogens with zero attached hydrogens (tertiary/aromatic N) is 3. The molecule has 1 atom stereocenters. The first kappa shape index (κ1) is 7.46. The first-order valence-electron chi connectivity index (χ1n) is 1.56. The summed E-state index contributed by atoms with van der Waals surface area (Å²) in [6.45, 7) is 0. The van der Waals surface area contributed by atoms with Gasteiger partial charge in [-0.25, -0.2) is 0 Å². The number of hydrogen-bond acceptors (Lipinski definition) is 4. The first-order valence-corrected chi connectivity index (χ1v) is 2.69. The van der Waals surface area contributed by atoms with E-state index in [0.717, 1.165) is 0 Å². The molecule has 0 spiro atoms. The summed E-state index contributed by atoms with van der Waals surface area (Å²) in [5, 5.41) is 2.58. The van der Waals surface area contributed by atoms with Gasteiger partial charge in [-0.3, -0.25) is 0 Å². The van der Waals surface area contributed by atoms with Crippen LogP contribution in [0, 0.1) is 0 Å². The van der Waals surface area contributed by atoms with Gasteiger partial charge in [0.15, 0.2) is 0 Å². The molecule has 0 aliphatic carbocycles. The summed E-state index contributed by atoms with van der Waals surface area (Å²) in [4.78, 5) is 10.5. The molecule has 0 amide bonds. The molecule has 0 aromatic carbocycles. The van der Waals surface area contributed by atoms with Gasteiger partial charge in [0.1, 0.15) is 5.28 Å². The molecular formula is CH4N3O3P. The molecule has 0 rings (SSSR count). The standard InChI is InChI=1S/CH4N3O3P/c1-6-8(5)7-4-3-2/h5H,1H3. The molecule has 0 aromatic heterocycles. The van der Waals surface area contributed by atoms with E-state index in [1.165, 1.54) is 7.11 Å². The van der Waals surface area contributed by atoms with Crippen molar-refractivity contribution in [1.82, 2.24) is 0 Å². The van der Waals surface area contributed by atoms with E-state index in [1.54, 1.807) is 0 Å². The van der Waals surface area contributed by atoms with E-state index in [0.29, 0.717) is 0 Å². The molecule has 8 heavy (non-hydrogen) atoms. The second-order valence-corrected chi connectivity index (χ2v) is 1.68. The minimum Gasteiger partial charge on any atom is -0.360 e. The maximum Gasteiger partial charge on any atom is 0.400 e. The normalized spacial score (nSPS) is 11.8. The van der Waals surface area contributed by atoms with Gasteiger partial charge in [0.05, 0.1) is 0 Å². The van der Waals surface area contributed by atoms with Gasteiger partial charge >= 0.3 is 8.60 Å². The Morgan fingerprint density at radius 1 is 1.88 bits per heavy atom. The number of hydrogen-bond donors (Lipinski definition) is 1. The maximum absolute atomic E-state index is 8.34. The van der Waals surface area contributed by atoms with Crippen molar-refractivity contribution in [3.05, 3.63) is 10.4 Å². The largest absolute Gasteiger partial charge is 0.400 e. The second kappa shape index (κ2) is 4.61. The van der Waals surface area contributed by atoms with Gasteiger partial charge in [-0.2, -0.15) is 0 Å². The molecule has 0 aliphatic rings. The quantitative estimate of drug-likeness (QED) is 0.207. The Balaban J connectivity index is 3.23. The van der Waals surface area contributed by atoms with E-state index < -0.39 is 8.60 Å². The smallest absolute Gasteiger partial charge is 0.360 e. The molecule has 46 valence electrons. The van der Waals surface area contributed by atoms with Crippen LogP contribution in [0.25, 0.3) is 10.4 Å². The first-order chi connectivity index (χ1) is 3.81. The molecule has 1 unspecified atom stereocenters. The van der Waals surface area contributed by atoms with Crippen LogP contribution in [0.3, 0.4) is 0 Å². The highest BCUT2D eigenvalue weighted by molar-refractivity contribution is 7.40. The summed E-state index contributed by atoms with van der Waals surface area (Å²) >= 11 is 0. The van der Waals surface area contributed by atoms with E-state index >= 15 is 0 Å². The Kier molecular flexibility index (Phi) is 4.30. The molecule has 0 aliphatic heterocycles. The summed E-state index contributed by atoms with van der Waals surface area (Å²) in [6, 6.07) is 0. The summed E-state index contributed by atoms with van der Waals surface area (Å²) in [6.07, 6.45) is 0. The van der Waals surface area contributed by atoms with Crippen LogP contribution in [0.1, 0.15) is 0 Å². The average molecular weight is 137 g/mol. The minimum absolute atomic E-state index is 1.23. The molecule has 0 bridgehead atoms. The highest BCUT2D eigenvalue weighted by Crippen LogP contribution is 2.30. The zero-order valence-corrected chi connectivity index (χ0v) is 4.95. The van der Waals surface area contributed by atoms with E-state index in [2.05, 4.69) is 19.3 Å². The molecule has 0 heterocycles. The average Bonchev–Trinajstić information content (AvgIpc) is 1.83. The van der Waals surface area contributed by atoms with Crippen LogP contribution in [-0.4, -0.2) is 12.0 Å². The Labute approximate surface area is 46.6 Å². The van der Waals surface area contributed by atoms with Crippen molar-refractivity contribution in [1.29, 1.82) is 0 Å². The maximum atomic E-state index is 8.34. The predicted molar refractivity (Wildman–Crippen MR) is 26.4 cm³/mol. The van der Waals surface area contributed by atoms with Gasteiger partial charge in [0, 0.05) is 12.0 Å². The monoisotopic (exact) mass is 137 g/mol. The van der Waals surface area contributed by atoms with Crippen LogP contribution >= 0.6 is 8.60 Å². The molecule has 0 saturated carbocycles. The highest BCUT2D eigenvalue weighted by atomic mass is 31.2. The van der Waals surface area contributed by atoms with Crippen molar-refractivity contribution in [3.63, 3.8) is 0 Å². The summed E-state index contributed by atoms with van der Waals surface area (Å²) in [7, 11) is -0.770. The van der Waals surface area contributed by atoms with E-state index in [4.69, 9.17) is 10.4 Å². The minimum atomic E-state index is -2.00. The Hall–Kier alpha value is -0.540. The lowest BCUT2D eigenvalue weighted by Crippen LogP contribution is -1.74. The van der Waals surface area contributed by atoms with Crippen LogP contribution in [0.15, 0.2) is 5.28 Å². The summed E-state index contributed by atoms with van der Waals surface area (Å²) in [5.74, 6) is 0. The Morgan fingerprint density at radius 3 is 2.88 bits per heavy atom. The van der Waals surface area contributed by atoms with Gasteiger partial charge < -0.3 is 14.0 Å². The molecular weight excluding hydrogens is 133 g/mol. The number of rotatable bonds is 3. The van der Waals surface area contributed by atoms with Gasteiger partial charge in [0.2, 0.25) is 0 Å². The third-order valence-electron chi connectivity index (χ3n) is 0.299. The molecule has 1 N–H and O–H groups in total. The molecule has 7 heteroatoms. The highest BCUT2D eigenvalue weighted by Gasteiger charge is 1.99. The van der Waals surface area contributed by atoms with Gasteiger partial charge in [-0.15, -0.1) is 0 Å². The SMILES string of the molecule is COP(O)ON=[N+]=[N-]. The van der Waals surface area contributed by atoms with Crippen molar-refractivity contribution < 1.29 is 14.0 Å². The molecule has 6 nitrogen and oxygen atoms in total. The lowest BCUT2D eigenvalue weighted by atomic mass is 11.8. The van der Waals surface area contributed by atoms with Gasteiger partial charge in [0.25, 0.3) is 0 Å². The van der Waals surface area contributed by atoms with E-state index in [-0.39, 0.29) is 0 Å². The molecule has 0 fully saturated rings. The lowest BCUT2D eigenvalue weighted by Gasteiger charge is -1.98. The van der Waals surface area contributed by atoms with Crippen molar-refractivity contribution in [3.8, 4) is 0 Å². The van der Waals surface area contributed by atoms with Gasteiger partial charge in [-0.05, 0) is 5.53 Å². The molecule has 0 saturated heterocycles. The summed E-state index contributed by atoms with van der Waals surface area (Å²) in [5.41, 5.74) is 7.59. The van der Waals surface area contributed by atoms with Crippen LogP contribution in [0.4, 0.5) is 0 Å². The Morgan fingerprint density at radius 2 is 2.50 bits per heavy atom. The van der Waals surface area contributed by atoms with E-state index in [1.807, 2.05) is 0 Å². The van der Waals surface area contributed by atoms with Crippen LogP contribution in [0.2, 0.25) is 0 Å². The topological polar surface area (TPSA) is 87.5 Å². The second-order valence-electron chi connectivity index (χ2n) is 0.673. The number of azide groups is 1. The third-order valence-corrected chi connectivity index (χ3v) is 0.824. The van der Waals surface area contributed by atoms with Crippen molar-refractivity contribution in [2.24, 2.45) is 5.28 Å². The third kappa shape index (κ3) is 3.64. The summed E-state index contributed by atoms with van der Waals surface area (Å²) < 4.78 is 8.13. The predicted octanol–water partition coefficient (Wildman–Crippen LogP) is 1.09. The van der Waals surface area contributed by atoms with Gasteiger partial charge in [-0.1, -0.05) is 0 Å². The fourth-order valence-electron chi connectivity index (χ4n) is 0.0809. The van der Waals surface area contributed by atoms with Crippen molar-refractivity contribution in [2.45, 2.75) is 0 Å². The lowest BCUT2D eigenvalue weighted by molar-refractivity contribution is 0.234. The molecule has 0 radical (unpaired) electrons. The molecule has 0 aromatic rings. The Bertz CT molecular complexity index is 101. The van der Waals surface area contributed by atoms with Crippen LogP contribution < -0.4 is 0 Å². The zero-order valence-electron chi connectivity index (χ0n) is 4.05. The van der Waals surface area contributed by atoms with Crippen LogP contribution in [0.5, 0.6) is 0 Å². The fourth-order valence-corrected chi connectivity index (χ4v) is 0.243. The van der Waals surface area contributed by atoms with E-state index in [9.17, 15) is 0 Å².